The predicted octanol–water partition coefficient (Wildman–Crippen LogP) is 2.46. The maximum atomic E-state index is 9.36. The van der Waals surface area contributed by atoms with Crippen molar-refractivity contribution < 1.29 is 5.11 Å². The highest BCUT2D eigenvalue weighted by atomic mass is 32.1. The Morgan fingerprint density at radius 3 is 2.92 bits per heavy atom. The van der Waals surface area contributed by atoms with Gasteiger partial charge in [0.2, 0.25) is 0 Å². The van der Waals surface area contributed by atoms with E-state index < -0.39 is 6.10 Å². The SMILES string of the molecule is N#CC(O)c1csc2ccccc12. The van der Waals surface area contributed by atoms with Gasteiger partial charge >= 0.3 is 0 Å². The van der Waals surface area contributed by atoms with Crippen molar-refractivity contribution in [3.8, 4) is 6.07 Å². The molecule has 0 aliphatic rings. The Morgan fingerprint density at radius 2 is 2.15 bits per heavy atom. The summed E-state index contributed by atoms with van der Waals surface area (Å²) in [5.41, 5.74) is 0.711. The first-order valence-corrected chi connectivity index (χ1v) is 4.74. The minimum Gasteiger partial charge on any atom is -0.374 e. The second-order valence-corrected chi connectivity index (χ2v) is 3.63. The smallest absolute Gasteiger partial charge is 0.167 e. The van der Waals surface area contributed by atoms with Crippen LogP contribution in [0.4, 0.5) is 0 Å². The topological polar surface area (TPSA) is 44.0 Å². The molecule has 1 aromatic carbocycles. The summed E-state index contributed by atoms with van der Waals surface area (Å²) in [6.45, 7) is 0. The third-order valence-electron chi connectivity index (χ3n) is 1.93. The maximum absolute atomic E-state index is 9.36. The largest absolute Gasteiger partial charge is 0.374 e. The van der Waals surface area contributed by atoms with Crippen molar-refractivity contribution in [2.75, 3.05) is 0 Å². The maximum Gasteiger partial charge on any atom is 0.167 e. The van der Waals surface area contributed by atoms with E-state index in [0.717, 1.165) is 10.1 Å². The van der Waals surface area contributed by atoms with Crippen LogP contribution in [0.25, 0.3) is 10.1 Å². The molecule has 0 radical (unpaired) electrons. The van der Waals surface area contributed by atoms with Crippen LogP contribution in [0.5, 0.6) is 0 Å². The molecule has 0 fully saturated rings. The van der Waals surface area contributed by atoms with Gasteiger partial charge in [0.15, 0.2) is 6.10 Å². The summed E-state index contributed by atoms with van der Waals surface area (Å²) in [4.78, 5) is 0. The summed E-state index contributed by atoms with van der Waals surface area (Å²) < 4.78 is 1.10. The van der Waals surface area contributed by atoms with Gasteiger partial charge in [-0.05, 0) is 16.8 Å². The second kappa shape index (κ2) is 3.17. The molecule has 0 bridgehead atoms. The van der Waals surface area contributed by atoms with E-state index in [1.54, 1.807) is 11.3 Å². The van der Waals surface area contributed by atoms with Gasteiger partial charge in [0.1, 0.15) is 0 Å². The van der Waals surface area contributed by atoms with Gasteiger partial charge in [0, 0.05) is 10.3 Å². The summed E-state index contributed by atoms with van der Waals surface area (Å²) in [7, 11) is 0. The molecule has 0 saturated carbocycles. The van der Waals surface area contributed by atoms with E-state index in [2.05, 4.69) is 0 Å². The molecular weight excluding hydrogens is 182 g/mol. The lowest BCUT2D eigenvalue weighted by atomic mass is 10.1. The van der Waals surface area contributed by atoms with E-state index in [1.165, 1.54) is 0 Å². The first-order valence-electron chi connectivity index (χ1n) is 3.87. The van der Waals surface area contributed by atoms with Crippen LogP contribution in [-0.2, 0) is 0 Å². The molecule has 0 amide bonds. The molecule has 2 rings (SSSR count). The minimum atomic E-state index is -1.00. The molecule has 2 nitrogen and oxygen atoms in total. The number of aliphatic hydroxyl groups excluding tert-OH is 1. The number of fused-ring (bicyclic) bond motifs is 1. The fourth-order valence-electron chi connectivity index (χ4n) is 1.28. The Hall–Kier alpha value is -1.37. The van der Waals surface area contributed by atoms with E-state index in [4.69, 9.17) is 5.26 Å². The summed E-state index contributed by atoms with van der Waals surface area (Å²) in [6, 6.07) is 9.57. The Balaban J connectivity index is 2.66. The quantitative estimate of drug-likeness (QED) is 0.700. The fraction of sp³-hybridized carbons (Fsp3) is 0.100. The third-order valence-corrected chi connectivity index (χ3v) is 2.91. The number of thiophene rings is 1. The monoisotopic (exact) mass is 189 g/mol. The highest BCUT2D eigenvalue weighted by molar-refractivity contribution is 7.17. The van der Waals surface area contributed by atoms with E-state index in [9.17, 15) is 5.11 Å². The lowest BCUT2D eigenvalue weighted by Gasteiger charge is -1.98. The molecule has 0 aliphatic heterocycles. The van der Waals surface area contributed by atoms with Crippen molar-refractivity contribution in [2.24, 2.45) is 0 Å². The van der Waals surface area contributed by atoms with Crippen LogP contribution in [0, 0.1) is 11.3 Å². The van der Waals surface area contributed by atoms with Crippen LogP contribution in [0.3, 0.4) is 0 Å². The summed E-state index contributed by atoms with van der Waals surface area (Å²) in [5, 5.41) is 20.7. The average molecular weight is 189 g/mol. The van der Waals surface area contributed by atoms with Crippen LogP contribution in [0.15, 0.2) is 29.6 Å². The minimum absolute atomic E-state index is 0.711. The molecule has 1 atom stereocenters. The Kier molecular flexibility index (Phi) is 2.01. The lowest BCUT2D eigenvalue weighted by Crippen LogP contribution is -1.90. The van der Waals surface area contributed by atoms with Gasteiger partial charge in [0.25, 0.3) is 0 Å². The Morgan fingerprint density at radius 1 is 1.38 bits per heavy atom. The molecule has 1 aromatic heterocycles. The number of hydrogen-bond acceptors (Lipinski definition) is 3. The molecule has 64 valence electrons. The molecule has 0 aliphatic carbocycles. The molecule has 3 heteroatoms. The summed E-state index contributed by atoms with van der Waals surface area (Å²) in [6.07, 6.45) is -1.00. The van der Waals surface area contributed by atoms with E-state index >= 15 is 0 Å². The molecular formula is C10H7NOS. The van der Waals surface area contributed by atoms with Gasteiger partial charge in [-0.1, -0.05) is 18.2 Å². The van der Waals surface area contributed by atoms with E-state index in [-0.39, 0.29) is 0 Å². The second-order valence-electron chi connectivity index (χ2n) is 2.72. The van der Waals surface area contributed by atoms with Gasteiger partial charge in [-0.25, -0.2) is 0 Å². The zero-order chi connectivity index (χ0) is 9.26. The van der Waals surface area contributed by atoms with Gasteiger partial charge in [0.05, 0.1) is 6.07 Å². The zero-order valence-corrected chi connectivity index (χ0v) is 7.58. The number of hydrogen-bond donors (Lipinski definition) is 1. The molecule has 1 heterocycles. The summed E-state index contributed by atoms with van der Waals surface area (Å²) >= 11 is 1.55. The molecule has 2 aromatic rings. The van der Waals surface area contributed by atoms with Crippen molar-refractivity contribution in [3.05, 3.63) is 35.2 Å². The molecule has 1 N–H and O–H groups in total. The number of nitriles is 1. The van der Waals surface area contributed by atoms with Gasteiger partial charge in [-0.2, -0.15) is 5.26 Å². The number of aliphatic hydroxyl groups is 1. The van der Waals surface area contributed by atoms with Crippen LogP contribution >= 0.6 is 11.3 Å². The van der Waals surface area contributed by atoms with Crippen molar-refractivity contribution in [1.82, 2.24) is 0 Å². The Labute approximate surface area is 79.7 Å². The molecule has 1 unspecified atom stereocenters. The number of rotatable bonds is 1. The van der Waals surface area contributed by atoms with Crippen molar-refractivity contribution in [3.63, 3.8) is 0 Å². The zero-order valence-electron chi connectivity index (χ0n) is 6.77. The summed E-state index contributed by atoms with van der Waals surface area (Å²) in [5.74, 6) is 0. The van der Waals surface area contributed by atoms with Gasteiger partial charge in [-0.15, -0.1) is 11.3 Å². The van der Waals surface area contributed by atoms with Gasteiger partial charge in [-0.3, -0.25) is 0 Å². The van der Waals surface area contributed by atoms with Gasteiger partial charge < -0.3 is 5.11 Å². The first kappa shape index (κ1) is 8.24. The van der Waals surface area contributed by atoms with Crippen molar-refractivity contribution in [1.29, 1.82) is 5.26 Å². The number of nitrogens with zero attached hydrogens (tertiary/aromatic N) is 1. The van der Waals surface area contributed by atoms with Crippen LogP contribution in [-0.4, -0.2) is 5.11 Å². The van der Waals surface area contributed by atoms with Crippen LogP contribution in [0.2, 0.25) is 0 Å². The highest BCUT2D eigenvalue weighted by Gasteiger charge is 2.10. The van der Waals surface area contributed by atoms with Crippen molar-refractivity contribution in [2.45, 2.75) is 6.10 Å². The molecule has 0 saturated heterocycles. The first-order chi connectivity index (χ1) is 6.33. The van der Waals surface area contributed by atoms with E-state index in [0.29, 0.717) is 5.56 Å². The molecule has 13 heavy (non-hydrogen) atoms. The predicted molar refractivity (Wildman–Crippen MR) is 52.4 cm³/mol. The van der Waals surface area contributed by atoms with Crippen molar-refractivity contribution >= 4 is 21.4 Å². The lowest BCUT2D eigenvalue weighted by molar-refractivity contribution is 0.238. The third kappa shape index (κ3) is 1.31. The number of benzene rings is 1. The fourth-order valence-corrected chi connectivity index (χ4v) is 2.26. The molecule has 0 spiro atoms. The normalized spacial score (nSPS) is 12.6. The average Bonchev–Trinajstić information content (AvgIpc) is 2.60. The Bertz CT molecular complexity index is 469. The standard InChI is InChI=1S/C10H7NOS/c11-5-9(12)8-6-13-10-4-2-1-3-7(8)10/h1-4,6,9,12H. The van der Waals surface area contributed by atoms with Crippen LogP contribution < -0.4 is 0 Å². The van der Waals surface area contributed by atoms with E-state index in [1.807, 2.05) is 35.7 Å². The van der Waals surface area contributed by atoms with Crippen LogP contribution in [0.1, 0.15) is 11.7 Å². The highest BCUT2D eigenvalue weighted by Crippen LogP contribution is 2.29.